The summed E-state index contributed by atoms with van der Waals surface area (Å²) in [4.78, 5) is 24.1. The molecule has 0 atom stereocenters. The lowest BCUT2D eigenvalue weighted by molar-refractivity contribution is -0.118. The highest BCUT2D eigenvalue weighted by atomic mass is 79.9. The lowest BCUT2D eigenvalue weighted by Crippen LogP contribution is -2.33. The van der Waals surface area contributed by atoms with Crippen molar-refractivity contribution in [2.75, 3.05) is 10.6 Å². The zero-order chi connectivity index (χ0) is 21.7. The van der Waals surface area contributed by atoms with Gasteiger partial charge in [0.1, 0.15) is 5.76 Å². The summed E-state index contributed by atoms with van der Waals surface area (Å²) in [6.45, 7) is 3.65. The van der Waals surface area contributed by atoms with E-state index in [1.54, 1.807) is 36.4 Å². The molecule has 0 unspecified atom stereocenters. The van der Waals surface area contributed by atoms with Crippen molar-refractivity contribution in [3.63, 3.8) is 0 Å². The fraction of sp³-hybridized carbons (Fsp3) is 0.136. The van der Waals surface area contributed by atoms with E-state index in [-0.39, 0.29) is 22.7 Å². The molecular formula is C22H20BrN3O3S. The van der Waals surface area contributed by atoms with Crippen LogP contribution >= 0.6 is 28.1 Å². The van der Waals surface area contributed by atoms with Crippen molar-refractivity contribution in [1.29, 1.82) is 0 Å². The van der Waals surface area contributed by atoms with Gasteiger partial charge in [-0.3, -0.25) is 14.9 Å². The number of hydrogen-bond donors (Lipinski definition) is 3. The van der Waals surface area contributed by atoms with E-state index in [4.69, 9.17) is 16.6 Å². The third kappa shape index (κ3) is 5.77. The summed E-state index contributed by atoms with van der Waals surface area (Å²) in [6.07, 6.45) is 0. The third-order valence-electron chi connectivity index (χ3n) is 4.12. The summed E-state index contributed by atoms with van der Waals surface area (Å²) >= 11 is 8.59. The van der Waals surface area contributed by atoms with Gasteiger partial charge in [0.25, 0.3) is 5.91 Å². The molecule has 2 amide bonds. The number of carbonyl (C=O) groups excluding carboxylic acids is 2. The lowest BCUT2D eigenvalue weighted by atomic mass is 10.2. The van der Waals surface area contributed by atoms with Crippen LogP contribution in [0.3, 0.4) is 0 Å². The molecule has 154 valence electrons. The Morgan fingerprint density at radius 2 is 1.50 bits per heavy atom. The summed E-state index contributed by atoms with van der Waals surface area (Å²) in [5.74, 6) is 0.141. The number of thiocarbonyl (C=S) groups is 1. The number of anilines is 2. The van der Waals surface area contributed by atoms with Crippen LogP contribution in [0.4, 0.5) is 11.4 Å². The van der Waals surface area contributed by atoms with Crippen LogP contribution in [0.5, 0.6) is 0 Å². The molecule has 0 aliphatic heterocycles. The van der Waals surface area contributed by atoms with Gasteiger partial charge in [0, 0.05) is 27.3 Å². The molecule has 0 spiro atoms. The average molecular weight is 486 g/mol. The Kier molecular flexibility index (Phi) is 7.02. The Balaban J connectivity index is 1.56. The molecule has 0 aliphatic rings. The predicted molar refractivity (Wildman–Crippen MR) is 125 cm³/mol. The molecule has 3 rings (SSSR count). The first-order chi connectivity index (χ1) is 14.3. The Morgan fingerprint density at radius 3 is 2.10 bits per heavy atom. The van der Waals surface area contributed by atoms with Crippen molar-refractivity contribution >= 4 is 56.4 Å². The smallest absolute Gasteiger partial charge is 0.293 e. The van der Waals surface area contributed by atoms with Crippen LogP contribution in [-0.4, -0.2) is 16.9 Å². The molecule has 3 N–H and O–H groups in total. The van der Waals surface area contributed by atoms with Crippen LogP contribution in [0, 0.1) is 5.92 Å². The minimum absolute atomic E-state index is 0.0561. The van der Waals surface area contributed by atoms with Crippen LogP contribution in [0.1, 0.15) is 24.4 Å². The van der Waals surface area contributed by atoms with Gasteiger partial charge in [0.15, 0.2) is 10.9 Å². The highest BCUT2D eigenvalue weighted by Crippen LogP contribution is 2.24. The van der Waals surface area contributed by atoms with E-state index in [1.807, 2.05) is 38.1 Å². The first-order valence-electron chi connectivity index (χ1n) is 9.21. The molecule has 30 heavy (non-hydrogen) atoms. The normalized spacial score (nSPS) is 10.5. The number of amides is 2. The second-order valence-electron chi connectivity index (χ2n) is 6.80. The zero-order valence-corrected chi connectivity index (χ0v) is 18.8. The fourth-order valence-corrected chi connectivity index (χ4v) is 2.95. The summed E-state index contributed by atoms with van der Waals surface area (Å²) in [5.41, 5.74) is 2.23. The maximum absolute atomic E-state index is 12.4. The standard InChI is InChI=1S/C22H20BrN3O3S/c1-13(2)20(27)24-16-7-9-17(10-8-16)25-22(30)26-21(28)19-12-11-18(29-19)14-3-5-15(23)6-4-14/h3-13H,1-2H3,(H,24,27)(H2,25,26,28,30). The SMILES string of the molecule is CC(C)C(=O)Nc1ccc(NC(=S)NC(=O)c2ccc(-c3ccc(Br)cc3)o2)cc1. The molecule has 2 aromatic carbocycles. The van der Waals surface area contributed by atoms with Gasteiger partial charge in [0.2, 0.25) is 5.91 Å². The molecule has 0 bridgehead atoms. The molecule has 0 fully saturated rings. The minimum atomic E-state index is -0.448. The summed E-state index contributed by atoms with van der Waals surface area (Å²) in [6, 6.07) is 17.9. The van der Waals surface area contributed by atoms with Gasteiger partial charge in [-0.25, -0.2) is 0 Å². The van der Waals surface area contributed by atoms with Gasteiger partial charge >= 0.3 is 0 Å². The van der Waals surface area contributed by atoms with Crippen LogP contribution < -0.4 is 16.0 Å². The van der Waals surface area contributed by atoms with Crippen molar-refractivity contribution in [1.82, 2.24) is 5.32 Å². The molecule has 1 aromatic heterocycles. The van der Waals surface area contributed by atoms with Gasteiger partial charge in [-0.05, 0) is 60.7 Å². The number of furan rings is 1. The maximum Gasteiger partial charge on any atom is 0.293 e. The number of rotatable bonds is 5. The molecule has 6 nitrogen and oxygen atoms in total. The second-order valence-corrected chi connectivity index (χ2v) is 8.12. The van der Waals surface area contributed by atoms with E-state index in [0.29, 0.717) is 17.1 Å². The second kappa shape index (κ2) is 9.69. The summed E-state index contributed by atoms with van der Waals surface area (Å²) in [5, 5.41) is 8.47. The van der Waals surface area contributed by atoms with Gasteiger partial charge in [0.05, 0.1) is 0 Å². The molecule has 0 radical (unpaired) electrons. The van der Waals surface area contributed by atoms with Crippen LogP contribution in [0.2, 0.25) is 0 Å². The first kappa shape index (κ1) is 21.7. The van der Waals surface area contributed by atoms with E-state index in [0.717, 1.165) is 10.0 Å². The van der Waals surface area contributed by atoms with Gasteiger partial charge in [-0.1, -0.05) is 41.9 Å². The lowest BCUT2D eigenvalue weighted by Gasteiger charge is -2.11. The highest BCUT2D eigenvalue weighted by Gasteiger charge is 2.14. The Hall–Kier alpha value is -2.97. The number of benzene rings is 2. The first-order valence-corrected chi connectivity index (χ1v) is 10.4. The molecule has 3 aromatic rings. The Bertz CT molecular complexity index is 1060. The Morgan fingerprint density at radius 1 is 0.900 bits per heavy atom. The molecule has 0 saturated heterocycles. The molecular weight excluding hydrogens is 466 g/mol. The third-order valence-corrected chi connectivity index (χ3v) is 4.85. The van der Waals surface area contributed by atoms with Gasteiger partial charge in [-0.15, -0.1) is 0 Å². The largest absolute Gasteiger partial charge is 0.451 e. The van der Waals surface area contributed by atoms with E-state index >= 15 is 0 Å². The maximum atomic E-state index is 12.4. The number of carbonyl (C=O) groups is 2. The average Bonchev–Trinajstić information content (AvgIpc) is 3.20. The van der Waals surface area contributed by atoms with Crippen LogP contribution in [0.15, 0.2) is 69.6 Å². The predicted octanol–water partition coefficient (Wildman–Crippen LogP) is 5.43. The van der Waals surface area contributed by atoms with E-state index < -0.39 is 5.91 Å². The quantitative estimate of drug-likeness (QED) is 0.419. The molecule has 0 saturated carbocycles. The number of nitrogens with one attached hydrogen (secondary N) is 3. The van der Waals surface area contributed by atoms with Crippen LogP contribution in [-0.2, 0) is 4.79 Å². The van der Waals surface area contributed by atoms with E-state index in [2.05, 4.69) is 31.9 Å². The van der Waals surface area contributed by atoms with Crippen LogP contribution in [0.25, 0.3) is 11.3 Å². The van der Waals surface area contributed by atoms with Crippen molar-refractivity contribution in [2.24, 2.45) is 5.92 Å². The Labute approximate surface area is 188 Å². The van der Waals surface area contributed by atoms with Crippen molar-refractivity contribution < 1.29 is 14.0 Å². The molecule has 0 aliphatic carbocycles. The molecule has 8 heteroatoms. The minimum Gasteiger partial charge on any atom is -0.451 e. The summed E-state index contributed by atoms with van der Waals surface area (Å²) < 4.78 is 6.60. The van der Waals surface area contributed by atoms with E-state index in [9.17, 15) is 9.59 Å². The molecule has 1 heterocycles. The zero-order valence-electron chi connectivity index (χ0n) is 16.4. The number of hydrogen-bond acceptors (Lipinski definition) is 4. The van der Waals surface area contributed by atoms with Crippen molar-refractivity contribution in [3.8, 4) is 11.3 Å². The van der Waals surface area contributed by atoms with Gasteiger partial charge in [-0.2, -0.15) is 0 Å². The van der Waals surface area contributed by atoms with Crippen molar-refractivity contribution in [3.05, 3.63) is 70.9 Å². The number of halogens is 1. The summed E-state index contributed by atoms with van der Waals surface area (Å²) in [7, 11) is 0. The van der Waals surface area contributed by atoms with Crippen molar-refractivity contribution in [2.45, 2.75) is 13.8 Å². The van der Waals surface area contributed by atoms with Gasteiger partial charge < -0.3 is 15.1 Å². The fourth-order valence-electron chi connectivity index (χ4n) is 2.48. The topological polar surface area (TPSA) is 83.4 Å². The van der Waals surface area contributed by atoms with E-state index in [1.165, 1.54) is 0 Å². The highest BCUT2D eigenvalue weighted by molar-refractivity contribution is 9.10. The monoisotopic (exact) mass is 485 g/mol.